The van der Waals surface area contributed by atoms with Gasteiger partial charge in [-0.25, -0.2) is 9.97 Å². The summed E-state index contributed by atoms with van der Waals surface area (Å²) in [5.74, 6) is -0.00262. The Morgan fingerprint density at radius 2 is 2.15 bits per heavy atom. The fourth-order valence-electron chi connectivity index (χ4n) is 2.47. The summed E-state index contributed by atoms with van der Waals surface area (Å²) >= 11 is 0.830. The van der Waals surface area contributed by atoms with Crippen LogP contribution >= 0.6 is 11.3 Å². The van der Waals surface area contributed by atoms with E-state index >= 15 is 0 Å². The van der Waals surface area contributed by atoms with Crippen molar-refractivity contribution in [2.45, 2.75) is 24.9 Å². The number of halogens is 3. The molecule has 0 aliphatic carbocycles. The van der Waals surface area contributed by atoms with Crippen LogP contribution in [0.4, 0.5) is 18.3 Å². The Bertz CT molecular complexity index is 631. The van der Waals surface area contributed by atoms with Crippen LogP contribution in [0.15, 0.2) is 6.07 Å². The lowest BCUT2D eigenvalue weighted by Crippen LogP contribution is -2.29. The molecule has 0 amide bonds. The van der Waals surface area contributed by atoms with E-state index in [1.165, 1.54) is 0 Å². The number of pyridine rings is 1. The van der Waals surface area contributed by atoms with Crippen molar-refractivity contribution in [3.8, 4) is 0 Å². The molecule has 2 aromatic heterocycles. The fraction of sp³-hybridized carbons (Fsp3) is 0.500. The van der Waals surface area contributed by atoms with Gasteiger partial charge in [0.1, 0.15) is 0 Å². The molecule has 108 valence electrons. The van der Waals surface area contributed by atoms with Crippen LogP contribution in [0.1, 0.15) is 30.0 Å². The van der Waals surface area contributed by atoms with Gasteiger partial charge in [-0.2, -0.15) is 13.2 Å². The third-order valence-corrected chi connectivity index (χ3v) is 4.33. The number of nitrogen functional groups attached to an aromatic ring is 1. The van der Waals surface area contributed by atoms with E-state index in [1.807, 2.05) is 0 Å². The highest BCUT2D eigenvalue weighted by molar-refractivity contribution is 7.22. The van der Waals surface area contributed by atoms with E-state index in [0.717, 1.165) is 36.8 Å². The lowest BCUT2D eigenvalue weighted by molar-refractivity contribution is -0.136. The normalized spacial score (nSPS) is 20.4. The van der Waals surface area contributed by atoms with E-state index in [9.17, 15) is 13.2 Å². The van der Waals surface area contributed by atoms with Crippen LogP contribution in [-0.4, -0.2) is 23.1 Å². The molecule has 0 saturated carbocycles. The number of nitrogens with two attached hydrogens (primary N) is 1. The predicted octanol–water partition coefficient (Wildman–Crippen LogP) is 2.76. The van der Waals surface area contributed by atoms with E-state index < -0.39 is 11.7 Å². The maximum absolute atomic E-state index is 13.2. The highest BCUT2D eigenvalue weighted by Crippen LogP contribution is 2.39. The fourth-order valence-corrected chi connectivity index (χ4v) is 3.28. The molecule has 20 heavy (non-hydrogen) atoms. The largest absolute Gasteiger partial charge is 0.417 e. The molecule has 1 saturated heterocycles. The number of hydrogen-bond donors (Lipinski definition) is 2. The first-order valence-electron chi connectivity index (χ1n) is 6.30. The molecule has 1 fully saturated rings. The minimum atomic E-state index is -4.42. The lowest BCUT2D eigenvalue weighted by Gasteiger charge is -2.23. The van der Waals surface area contributed by atoms with Gasteiger partial charge in [0.25, 0.3) is 0 Å². The third-order valence-electron chi connectivity index (χ3n) is 3.42. The minimum absolute atomic E-state index is 0.00262. The summed E-state index contributed by atoms with van der Waals surface area (Å²) in [4.78, 5) is 8.18. The van der Waals surface area contributed by atoms with E-state index in [0.29, 0.717) is 12.2 Å². The molecule has 8 heteroatoms. The second-order valence-electron chi connectivity index (χ2n) is 4.84. The smallest absolute Gasteiger partial charge is 0.375 e. The van der Waals surface area contributed by atoms with Crippen molar-refractivity contribution in [2.24, 2.45) is 0 Å². The predicted molar refractivity (Wildman–Crippen MR) is 71.7 cm³/mol. The van der Waals surface area contributed by atoms with Crippen LogP contribution in [0.25, 0.3) is 10.3 Å². The molecule has 3 N–H and O–H groups in total. The molecule has 3 heterocycles. The van der Waals surface area contributed by atoms with Crippen molar-refractivity contribution in [3.63, 3.8) is 0 Å². The first-order chi connectivity index (χ1) is 9.45. The summed E-state index contributed by atoms with van der Waals surface area (Å²) < 4.78 is 39.5. The number of piperidine rings is 1. The van der Waals surface area contributed by atoms with Crippen molar-refractivity contribution in [1.29, 1.82) is 0 Å². The Kier molecular flexibility index (Phi) is 3.29. The van der Waals surface area contributed by atoms with Crippen molar-refractivity contribution >= 4 is 26.8 Å². The van der Waals surface area contributed by atoms with E-state index in [-0.39, 0.29) is 21.4 Å². The standard InChI is InChI=1S/C12H13F3N4S/c13-12(14,15)7-4-8(6-2-1-3-17-5-6)18-10-9(7)20-11(16)19-10/h4,6,17H,1-3,5H2,(H2,16,18,19). The zero-order valence-electron chi connectivity index (χ0n) is 10.5. The van der Waals surface area contributed by atoms with Crippen LogP contribution in [0.2, 0.25) is 0 Å². The van der Waals surface area contributed by atoms with Crippen molar-refractivity contribution in [3.05, 3.63) is 17.3 Å². The maximum Gasteiger partial charge on any atom is 0.417 e. The molecule has 0 aromatic carbocycles. The zero-order chi connectivity index (χ0) is 14.3. The molecule has 1 atom stereocenters. The maximum atomic E-state index is 13.2. The first kappa shape index (κ1) is 13.6. The number of nitrogens with one attached hydrogen (secondary N) is 1. The summed E-state index contributed by atoms with van der Waals surface area (Å²) in [5, 5.41) is 3.29. The van der Waals surface area contributed by atoms with E-state index in [2.05, 4.69) is 15.3 Å². The summed E-state index contributed by atoms with van der Waals surface area (Å²) in [5.41, 5.74) is 5.38. The van der Waals surface area contributed by atoms with Gasteiger partial charge in [-0.05, 0) is 25.5 Å². The van der Waals surface area contributed by atoms with Crippen molar-refractivity contribution in [1.82, 2.24) is 15.3 Å². The number of nitrogens with zero attached hydrogens (tertiary/aromatic N) is 2. The number of anilines is 1. The van der Waals surface area contributed by atoms with Crippen molar-refractivity contribution < 1.29 is 13.2 Å². The number of thiazole rings is 1. The van der Waals surface area contributed by atoms with Gasteiger partial charge in [-0.15, -0.1) is 0 Å². The Morgan fingerprint density at radius 3 is 2.80 bits per heavy atom. The third kappa shape index (κ3) is 2.45. The molecule has 1 unspecified atom stereocenters. The van der Waals surface area contributed by atoms with Crippen molar-refractivity contribution in [2.75, 3.05) is 18.8 Å². The number of alkyl halides is 3. The molecule has 4 nitrogen and oxygen atoms in total. The first-order valence-corrected chi connectivity index (χ1v) is 7.11. The van der Waals surface area contributed by atoms with Gasteiger partial charge < -0.3 is 11.1 Å². The Labute approximate surface area is 117 Å². The molecule has 2 aromatic rings. The summed E-state index contributed by atoms with van der Waals surface area (Å²) in [6.45, 7) is 1.55. The van der Waals surface area contributed by atoms with Gasteiger partial charge in [0.15, 0.2) is 10.8 Å². The zero-order valence-corrected chi connectivity index (χ0v) is 11.3. The molecule has 0 radical (unpaired) electrons. The van der Waals surface area contributed by atoms with Crippen LogP contribution in [0.5, 0.6) is 0 Å². The topological polar surface area (TPSA) is 63.8 Å². The molecule has 1 aliphatic rings. The summed E-state index contributed by atoms with van der Waals surface area (Å²) in [6, 6.07) is 1.15. The molecular weight excluding hydrogens is 289 g/mol. The van der Waals surface area contributed by atoms with Crippen LogP contribution in [0, 0.1) is 0 Å². The number of rotatable bonds is 1. The van der Waals surface area contributed by atoms with Crippen LogP contribution in [-0.2, 0) is 6.18 Å². The number of aromatic nitrogens is 2. The minimum Gasteiger partial charge on any atom is -0.375 e. The van der Waals surface area contributed by atoms with Crippen LogP contribution in [0.3, 0.4) is 0 Å². The van der Waals surface area contributed by atoms with Gasteiger partial charge in [-0.3, -0.25) is 0 Å². The van der Waals surface area contributed by atoms with E-state index in [4.69, 9.17) is 5.73 Å². The Hall–Kier alpha value is -1.41. The van der Waals surface area contributed by atoms with Crippen LogP contribution < -0.4 is 11.1 Å². The lowest BCUT2D eigenvalue weighted by atomic mass is 9.94. The molecule has 3 rings (SSSR count). The summed E-state index contributed by atoms with van der Waals surface area (Å²) in [7, 11) is 0. The Balaban J connectivity index is 2.14. The second-order valence-corrected chi connectivity index (χ2v) is 5.87. The van der Waals surface area contributed by atoms with Gasteiger partial charge in [-0.1, -0.05) is 11.3 Å². The SMILES string of the molecule is Nc1nc2nc(C3CCCNC3)cc(C(F)(F)F)c2s1. The molecular formula is C12H13F3N4S. The van der Waals surface area contributed by atoms with Gasteiger partial charge in [0.05, 0.1) is 10.3 Å². The average Bonchev–Trinajstić information content (AvgIpc) is 2.77. The van der Waals surface area contributed by atoms with Gasteiger partial charge in [0.2, 0.25) is 0 Å². The summed E-state index contributed by atoms with van der Waals surface area (Å²) in [6.07, 6.45) is -2.65. The highest BCUT2D eigenvalue weighted by Gasteiger charge is 2.35. The average molecular weight is 302 g/mol. The number of hydrogen-bond acceptors (Lipinski definition) is 5. The molecule has 1 aliphatic heterocycles. The van der Waals surface area contributed by atoms with Gasteiger partial charge >= 0.3 is 6.18 Å². The molecule has 0 bridgehead atoms. The van der Waals surface area contributed by atoms with E-state index in [1.54, 1.807) is 0 Å². The second kappa shape index (κ2) is 4.85. The number of fused-ring (bicyclic) bond motifs is 1. The Morgan fingerprint density at radius 1 is 1.35 bits per heavy atom. The monoisotopic (exact) mass is 302 g/mol. The quantitative estimate of drug-likeness (QED) is 0.850. The van der Waals surface area contributed by atoms with Gasteiger partial charge in [0, 0.05) is 18.2 Å². The molecule has 0 spiro atoms. The highest BCUT2D eigenvalue weighted by atomic mass is 32.1.